The van der Waals surface area contributed by atoms with Crippen molar-refractivity contribution in [3.05, 3.63) is 0 Å². The number of esters is 1. The van der Waals surface area contributed by atoms with Crippen LogP contribution in [0.1, 0.15) is 39.5 Å². The lowest BCUT2D eigenvalue weighted by Crippen LogP contribution is -2.35. The topological polar surface area (TPSA) is 26.3 Å². The minimum Gasteiger partial charge on any atom is -0.462 e. The van der Waals surface area contributed by atoms with E-state index >= 15 is 0 Å². The van der Waals surface area contributed by atoms with E-state index in [0.717, 1.165) is 6.42 Å². The summed E-state index contributed by atoms with van der Waals surface area (Å²) in [7, 11) is 0. The van der Waals surface area contributed by atoms with E-state index in [4.69, 9.17) is 4.74 Å². The van der Waals surface area contributed by atoms with Gasteiger partial charge < -0.3 is 4.74 Å². The third-order valence-corrected chi connectivity index (χ3v) is 3.43. The molecule has 1 aliphatic carbocycles. The van der Waals surface area contributed by atoms with Crippen LogP contribution in [0.25, 0.3) is 0 Å². The van der Waals surface area contributed by atoms with Gasteiger partial charge in [-0.2, -0.15) is 0 Å². The summed E-state index contributed by atoms with van der Waals surface area (Å²) in [5, 5.41) is 0. The highest BCUT2D eigenvalue weighted by molar-refractivity contribution is 5.72. The number of ether oxygens (including phenoxy) is 1. The Kier molecular flexibility index (Phi) is 1.67. The fraction of sp³-hybridized carbons (Fsp3) is 0.900. The summed E-state index contributed by atoms with van der Waals surface area (Å²) in [6.07, 6.45) is 4.42. The van der Waals surface area contributed by atoms with E-state index in [-0.39, 0.29) is 12.1 Å². The molecule has 1 heterocycles. The predicted molar refractivity (Wildman–Crippen MR) is 45.6 cm³/mol. The molecule has 12 heavy (non-hydrogen) atoms. The molecule has 1 saturated heterocycles. The molecule has 1 aliphatic heterocycles. The molecule has 2 nitrogen and oxygen atoms in total. The smallest absolute Gasteiger partial charge is 0.306 e. The quantitative estimate of drug-likeness (QED) is 0.518. The largest absolute Gasteiger partial charge is 0.462 e. The first-order valence-electron chi connectivity index (χ1n) is 4.79. The molecule has 2 heteroatoms. The van der Waals surface area contributed by atoms with Gasteiger partial charge in [0, 0.05) is 5.92 Å². The first-order chi connectivity index (χ1) is 5.59. The molecule has 0 radical (unpaired) electrons. The van der Waals surface area contributed by atoms with Crippen LogP contribution in [0, 0.1) is 11.3 Å². The van der Waals surface area contributed by atoms with Gasteiger partial charge in [-0.15, -0.1) is 0 Å². The average molecular weight is 168 g/mol. The average Bonchev–Trinajstić information content (AvgIpc) is 2.30. The van der Waals surface area contributed by atoms with Gasteiger partial charge in [0.05, 0.1) is 6.42 Å². The molecule has 0 aromatic rings. The maximum Gasteiger partial charge on any atom is 0.306 e. The normalized spacial score (nSPS) is 39.0. The molecular formula is C10H16O2. The van der Waals surface area contributed by atoms with Crippen molar-refractivity contribution in [3.8, 4) is 0 Å². The van der Waals surface area contributed by atoms with Crippen LogP contribution in [0.15, 0.2) is 0 Å². The van der Waals surface area contributed by atoms with Gasteiger partial charge in [0.2, 0.25) is 0 Å². The van der Waals surface area contributed by atoms with Gasteiger partial charge >= 0.3 is 5.97 Å². The van der Waals surface area contributed by atoms with E-state index in [1.54, 1.807) is 0 Å². The van der Waals surface area contributed by atoms with Crippen molar-refractivity contribution < 1.29 is 9.53 Å². The lowest BCUT2D eigenvalue weighted by Gasteiger charge is -2.38. The SMILES string of the molecule is CC1(C)CCC[C@H]2OC(=O)C[C@@H]21. The molecule has 0 spiro atoms. The first-order valence-corrected chi connectivity index (χ1v) is 4.79. The summed E-state index contributed by atoms with van der Waals surface area (Å²) in [5.41, 5.74) is 0.315. The van der Waals surface area contributed by atoms with Gasteiger partial charge in [0.1, 0.15) is 6.10 Å². The van der Waals surface area contributed by atoms with E-state index < -0.39 is 0 Å². The monoisotopic (exact) mass is 168 g/mol. The zero-order valence-corrected chi connectivity index (χ0v) is 7.80. The van der Waals surface area contributed by atoms with E-state index in [1.807, 2.05) is 0 Å². The van der Waals surface area contributed by atoms with Gasteiger partial charge in [-0.3, -0.25) is 4.79 Å². The van der Waals surface area contributed by atoms with Crippen molar-refractivity contribution in [2.75, 3.05) is 0 Å². The minimum absolute atomic E-state index is 0.0139. The standard InChI is InChI=1S/C10H16O2/c1-10(2)5-3-4-8-7(10)6-9(11)12-8/h7-8H,3-6H2,1-2H3/t7-,8+/m0/s1. The van der Waals surface area contributed by atoms with Gasteiger partial charge in [-0.1, -0.05) is 13.8 Å². The lowest BCUT2D eigenvalue weighted by molar-refractivity contribution is -0.142. The van der Waals surface area contributed by atoms with E-state index in [2.05, 4.69) is 13.8 Å². The summed E-state index contributed by atoms with van der Waals surface area (Å²) in [6, 6.07) is 0. The summed E-state index contributed by atoms with van der Waals surface area (Å²) >= 11 is 0. The van der Waals surface area contributed by atoms with Gasteiger partial charge in [-0.25, -0.2) is 0 Å². The number of fused-ring (bicyclic) bond motifs is 1. The molecule has 0 bridgehead atoms. The Hall–Kier alpha value is -0.530. The maximum absolute atomic E-state index is 11.1. The highest BCUT2D eigenvalue weighted by Crippen LogP contribution is 2.46. The number of carbonyl (C=O) groups excluding carboxylic acids is 1. The Balaban J connectivity index is 2.18. The Morgan fingerprint density at radius 3 is 2.92 bits per heavy atom. The number of carbonyl (C=O) groups is 1. The van der Waals surface area contributed by atoms with Gasteiger partial charge in [0.25, 0.3) is 0 Å². The molecule has 2 atom stereocenters. The molecule has 1 saturated carbocycles. The van der Waals surface area contributed by atoms with Gasteiger partial charge in [-0.05, 0) is 24.7 Å². The van der Waals surface area contributed by atoms with Crippen molar-refractivity contribution in [3.63, 3.8) is 0 Å². The summed E-state index contributed by atoms with van der Waals surface area (Å²) in [4.78, 5) is 11.1. The molecule has 0 N–H and O–H groups in total. The second kappa shape index (κ2) is 2.48. The molecule has 2 fully saturated rings. The second-order valence-electron chi connectivity index (χ2n) is 4.72. The molecule has 0 aromatic heterocycles. The Labute approximate surface area is 73.3 Å². The minimum atomic E-state index is 0.0139. The first kappa shape index (κ1) is 8.09. The van der Waals surface area contributed by atoms with Crippen LogP contribution in [0.3, 0.4) is 0 Å². The van der Waals surface area contributed by atoms with Gasteiger partial charge in [0.15, 0.2) is 0 Å². The molecular weight excluding hydrogens is 152 g/mol. The fourth-order valence-electron chi connectivity index (χ4n) is 2.59. The van der Waals surface area contributed by atoms with Crippen LogP contribution in [0.5, 0.6) is 0 Å². The van der Waals surface area contributed by atoms with Crippen molar-refractivity contribution in [2.24, 2.45) is 11.3 Å². The summed E-state index contributed by atoms with van der Waals surface area (Å²) < 4.78 is 5.26. The third-order valence-electron chi connectivity index (χ3n) is 3.43. The predicted octanol–water partition coefficient (Wildman–Crippen LogP) is 2.13. The molecule has 0 unspecified atom stereocenters. The highest BCUT2D eigenvalue weighted by atomic mass is 16.5. The highest BCUT2D eigenvalue weighted by Gasteiger charge is 2.46. The lowest BCUT2D eigenvalue weighted by atomic mass is 9.67. The van der Waals surface area contributed by atoms with Crippen LogP contribution in [-0.4, -0.2) is 12.1 Å². The summed E-state index contributed by atoms with van der Waals surface area (Å²) in [6.45, 7) is 4.51. The number of hydrogen-bond donors (Lipinski definition) is 0. The van der Waals surface area contributed by atoms with Crippen LogP contribution in [0.4, 0.5) is 0 Å². The van der Waals surface area contributed by atoms with Crippen LogP contribution < -0.4 is 0 Å². The van der Waals surface area contributed by atoms with E-state index in [9.17, 15) is 4.79 Å². The van der Waals surface area contributed by atoms with E-state index in [1.165, 1.54) is 12.8 Å². The molecule has 0 aromatic carbocycles. The van der Waals surface area contributed by atoms with Crippen molar-refractivity contribution in [1.29, 1.82) is 0 Å². The number of hydrogen-bond acceptors (Lipinski definition) is 2. The molecule has 2 aliphatic rings. The number of rotatable bonds is 0. The van der Waals surface area contributed by atoms with Crippen LogP contribution >= 0.6 is 0 Å². The van der Waals surface area contributed by atoms with Crippen molar-refractivity contribution >= 4 is 5.97 Å². The van der Waals surface area contributed by atoms with Crippen molar-refractivity contribution in [2.45, 2.75) is 45.6 Å². The third kappa shape index (κ3) is 1.13. The van der Waals surface area contributed by atoms with Crippen molar-refractivity contribution in [1.82, 2.24) is 0 Å². The van der Waals surface area contributed by atoms with E-state index in [0.29, 0.717) is 17.8 Å². The maximum atomic E-state index is 11.1. The Bertz CT molecular complexity index is 208. The summed E-state index contributed by atoms with van der Waals surface area (Å²) in [5.74, 6) is 0.499. The Morgan fingerprint density at radius 2 is 2.25 bits per heavy atom. The second-order valence-corrected chi connectivity index (χ2v) is 4.72. The zero-order valence-electron chi connectivity index (χ0n) is 7.80. The van der Waals surface area contributed by atoms with Crippen LogP contribution in [-0.2, 0) is 9.53 Å². The fourth-order valence-corrected chi connectivity index (χ4v) is 2.59. The molecule has 2 rings (SSSR count). The molecule has 0 amide bonds. The van der Waals surface area contributed by atoms with Crippen LogP contribution in [0.2, 0.25) is 0 Å². The molecule has 68 valence electrons. The zero-order chi connectivity index (χ0) is 8.77. The Morgan fingerprint density at radius 1 is 1.50 bits per heavy atom.